The van der Waals surface area contributed by atoms with Gasteiger partial charge in [0.2, 0.25) is 0 Å². The van der Waals surface area contributed by atoms with E-state index in [1.165, 1.54) is 0 Å². The zero-order valence-electron chi connectivity index (χ0n) is 10.5. The smallest absolute Gasteiger partial charge is 0.287 e. The van der Waals surface area contributed by atoms with Crippen LogP contribution in [0.5, 0.6) is 0 Å². The number of amides is 1. The predicted octanol–water partition coefficient (Wildman–Crippen LogP) is 2.16. The number of hydrogen-bond donors (Lipinski definition) is 2. The van der Waals surface area contributed by atoms with Crippen LogP contribution in [-0.2, 0) is 0 Å². The number of nitrogens with one attached hydrogen (secondary N) is 2. The van der Waals surface area contributed by atoms with Crippen molar-refractivity contribution in [1.29, 1.82) is 0 Å². The average Bonchev–Trinajstić information content (AvgIpc) is 2.82. The summed E-state index contributed by atoms with van der Waals surface area (Å²) in [5.74, 6) is 0.224. The second-order valence-electron chi connectivity index (χ2n) is 4.11. The van der Waals surface area contributed by atoms with E-state index in [2.05, 4.69) is 17.6 Å². The van der Waals surface area contributed by atoms with Gasteiger partial charge < -0.3 is 15.1 Å². The minimum atomic E-state index is -0.150. The molecule has 0 saturated carbocycles. The second-order valence-corrected chi connectivity index (χ2v) is 4.11. The molecule has 18 heavy (non-hydrogen) atoms. The fraction of sp³-hybridized carbons (Fsp3) is 0.357. The first-order valence-corrected chi connectivity index (χ1v) is 6.28. The average molecular weight is 246 g/mol. The van der Waals surface area contributed by atoms with Crippen molar-refractivity contribution in [2.24, 2.45) is 0 Å². The highest BCUT2D eigenvalue weighted by Gasteiger charge is 2.10. The van der Waals surface area contributed by atoms with E-state index >= 15 is 0 Å². The van der Waals surface area contributed by atoms with Gasteiger partial charge in [0.15, 0.2) is 5.76 Å². The van der Waals surface area contributed by atoms with E-state index in [4.69, 9.17) is 4.42 Å². The Bertz CT molecular complexity index is 486. The van der Waals surface area contributed by atoms with Crippen LogP contribution < -0.4 is 10.6 Å². The molecule has 1 aromatic heterocycles. The van der Waals surface area contributed by atoms with Crippen LogP contribution in [0, 0.1) is 0 Å². The first kappa shape index (κ1) is 12.6. The lowest BCUT2D eigenvalue weighted by Gasteiger charge is -2.03. The van der Waals surface area contributed by atoms with Gasteiger partial charge in [0.05, 0.1) is 0 Å². The van der Waals surface area contributed by atoms with E-state index in [0.29, 0.717) is 12.3 Å². The number of benzene rings is 1. The summed E-state index contributed by atoms with van der Waals surface area (Å²) in [5, 5.41) is 7.01. The third-order valence-corrected chi connectivity index (χ3v) is 2.72. The number of hydrogen-bond acceptors (Lipinski definition) is 3. The van der Waals surface area contributed by atoms with Crippen molar-refractivity contribution in [1.82, 2.24) is 10.6 Å². The summed E-state index contributed by atoms with van der Waals surface area (Å²) < 4.78 is 5.48. The molecule has 1 amide bonds. The first-order valence-electron chi connectivity index (χ1n) is 6.28. The monoisotopic (exact) mass is 246 g/mol. The van der Waals surface area contributed by atoms with Gasteiger partial charge in [0, 0.05) is 11.9 Å². The molecular formula is C14H18N2O2. The van der Waals surface area contributed by atoms with Crippen molar-refractivity contribution < 1.29 is 9.21 Å². The van der Waals surface area contributed by atoms with E-state index in [0.717, 1.165) is 30.5 Å². The molecule has 1 aromatic carbocycles. The lowest BCUT2D eigenvalue weighted by molar-refractivity contribution is 0.0928. The van der Waals surface area contributed by atoms with Crippen LogP contribution in [0.25, 0.3) is 11.0 Å². The Balaban J connectivity index is 1.88. The van der Waals surface area contributed by atoms with Crippen LogP contribution in [0.2, 0.25) is 0 Å². The topological polar surface area (TPSA) is 54.3 Å². The Hall–Kier alpha value is -1.81. The van der Waals surface area contributed by atoms with Gasteiger partial charge >= 0.3 is 0 Å². The van der Waals surface area contributed by atoms with Crippen LogP contribution >= 0.6 is 0 Å². The fourth-order valence-electron chi connectivity index (χ4n) is 1.77. The van der Waals surface area contributed by atoms with E-state index in [-0.39, 0.29) is 5.91 Å². The van der Waals surface area contributed by atoms with E-state index < -0.39 is 0 Å². The van der Waals surface area contributed by atoms with Gasteiger partial charge in [-0.15, -0.1) is 0 Å². The van der Waals surface area contributed by atoms with Gasteiger partial charge in [-0.05, 0) is 31.6 Å². The summed E-state index contributed by atoms with van der Waals surface area (Å²) in [6.07, 6.45) is 0.916. The maximum absolute atomic E-state index is 11.8. The molecule has 96 valence electrons. The van der Waals surface area contributed by atoms with Crippen LogP contribution in [0.1, 0.15) is 23.9 Å². The van der Waals surface area contributed by atoms with Crippen molar-refractivity contribution in [2.45, 2.75) is 13.3 Å². The van der Waals surface area contributed by atoms with Crippen molar-refractivity contribution in [3.05, 3.63) is 36.1 Å². The number of furan rings is 1. The lowest BCUT2D eigenvalue weighted by atomic mass is 10.2. The Morgan fingerprint density at radius 3 is 2.89 bits per heavy atom. The van der Waals surface area contributed by atoms with Crippen molar-refractivity contribution in [3.63, 3.8) is 0 Å². The molecule has 0 atom stereocenters. The minimum absolute atomic E-state index is 0.150. The molecule has 0 radical (unpaired) electrons. The standard InChI is InChI=1S/C14H18N2O2/c1-2-15-8-5-9-16-14(17)13-10-11-6-3-4-7-12(11)18-13/h3-4,6-7,10,15H,2,5,8-9H2,1H3,(H,16,17). The zero-order valence-corrected chi connectivity index (χ0v) is 10.5. The highest BCUT2D eigenvalue weighted by atomic mass is 16.3. The number of para-hydroxylation sites is 1. The quantitative estimate of drug-likeness (QED) is 0.768. The molecule has 1 heterocycles. The number of carbonyl (C=O) groups is 1. The molecule has 0 aliphatic carbocycles. The van der Waals surface area contributed by atoms with E-state index in [1.54, 1.807) is 6.07 Å². The molecule has 0 bridgehead atoms. The largest absolute Gasteiger partial charge is 0.451 e. The molecule has 0 saturated heterocycles. The van der Waals surface area contributed by atoms with E-state index in [9.17, 15) is 4.79 Å². The van der Waals surface area contributed by atoms with Crippen molar-refractivity contribution in [3.8, 4) is 0 Å². The Morgan fingerprint density at radius 2 is 2.11 bits per heavy atom. The third-order valence-electron chi connectivity index (χ3n) is 2.72. The van der Waals surface area contributed by atoms with Gasteiger partial charge in [-0.25, -0.2) is 0 Å². The first-order chi connectivity index (χ1) is 8.81. The van der Waals surface area contributed by atoms with Gasteiger partial charge in [-0.3, -0.25) is 4.79 Å². The highest BCUT2D eigenvalue weighted by Crippen LogP contribution is 2.18. The summed E-state index contributed by atoms with van der Waals surface area (Å²) >= 11 is 0. The van der Waals surface area contributed by atoms with Gasteiger partial charge in [0.1, 0.15) is 5.58 Å². The summed E-state index contributed by atoms with van der Waals surface area (Å²) in [6, 6.07) is 9.38. The molecule has 0 aliphatic rings. The number of rotatable bonds is 6. The lowest BCUT2D eigenvalue weighted by Crippen LogP contribution is -2.26. The Labute approximate surface area is 106 Å². The molecule has 2 aromatic rings. The molecule has 2 N–H and O–H groups in total. The second kappa shape index (κ2) is 6.21. The van der Waals surface area contributed by atoms with Crippen molar-refractivity contribution >= 4 is 16.9 Å². The van der Waals surface area contributed by atoms with Crippen LogP contribution in [0.3, 0.4) is 0 Å². The molecule has 4 nitrogen and oxygen atoms in total. The maximum Gasteiger partial charge on any atom is 0.287 e. The molecule has 0 spiro atoms. The zero-order chi connectivity index (χ0) is 12.8. The third kappa shape index (κ3) is 3.11. The SMILES string of the molecule is CCNCCCNC(=O)c1cc2ccccc2o1. The molecule has 0 fully saturated rings. The van der Waals surface area contributed by atoms with Gasteiger partial charge in [0.25, 0.3) is 5.91 Å². The van der Waals surface area contributed by atoms with Gasteiger partial charge in [-0.1, -0.05) is 25.1 Å². The van der Waals surface area contributed by atoms with Crippen LogP contribution in [0.15, 0.2) is 34.7 Å². The summed E-state index contributed by atoms with van der Waals surface area (Å²) in [7, 11) is 0. The Morgan fingerprint density at radius 1 is 1.28 bits per heavy atom. The summed E-state index contributed by atoms with van der Waals surface area (Å²) in [6.45, 7) is 4.59. The fourth-order valence-corrected chi connectivity index (χ4v) is 1.77. The summed E-state index contributed by atoms with van der Waals surface area (Å²) in [4.78, 5) is 11.8. The molecule has 4 heteroatoms. The normalized spacial score (nSPS) is 10.7. The van der Waals surface area contributed by atoms with Crippen LogP contribution in [0.4, 0.5) is 0 Å². The van der Waals surface area contributed by atoms with E-state index in [1.807, 2.05) is 24.3 Å². The minimum Gasteiger partial charge on any atom is -0.451 e. The molecule has 0 aliphatic heterocycles. The molecular weight excluding hydrogens is 228 g/mol. The summed E-state index contributed by atoms with van der Waals surface area (Å²) in [5.41, 5.74) is 0.746. The molecule has 2 rings (SSSR count). The highest BCUT2D eigenvalue weighted by molar-refractivity contribution is 5.95. The predicted molar refractivity (Wildman–Crippen MR) is 71.7 cm³/mol. The van der Waals surface area contributed by atoms with Crippen LogP contribution in [-0.4, -0.2) is 25.5 Å². The maximum atomic E-state index is 11.8. The number of carbonyl (C=O) groups excluding carboxylic acids is 1. The Kier molecular flexibility index (Phi) is 4.36. The van der Waals surface area contributed by atoms with Crippen molar-refractivity contribution in [2.75, 3.05) is 19.6 Å². The molecule has 0 unspecified atom stereocenters. The van der Waals surface area contributed by atoms with Gasteiger partial charge in [-0.2, -0.15) is 0 Å². The number of fused-ring (bicyclic) bond motifs is 1.